The minimum atomic E-state index is -4.90. The van der Waals surface area contributed by atoms with Crippen LogP contribution in [0.25, 0.3) is 5.76 Å². The summed E-state index contributed by atoms with van der Waals surface area (Å²) < 4.78 is 52.3. The molecule has 1 aliphatic rings. The number of aliphatic hydroxyl groups is 1. The van der Waals surface area contributed by atoms with Crippen LogP contribution in [-0.4, -0.2) is 37.4 Å². The predicted molar refractivity (Wildman–Crippen MR) is 134 cm³/mol. The zero-order valence-electron chi connectivity index (χ0n) is 20.3. The molecule has 1 saturated heterocycles. The van der Waals surface area contributed by atoms with Crippen LogP contribution < -0.4 is 19.1 Å². The summed E-state index contributed by atoms with van der Waals surface area (Å²) >= 11 is 6.27. The van der Waals surface area contributed by atoms with Gasteiger partial charge in [0.1, 0.15) is 23.0 Å². The summed E-state index contributed by atoms with van der Waals surface area (Å²) in [6.07, 6.45) is -4.90. The lowest BCUT2D eigenvalue weighted by atomic mass is 9.94. The quantitative estimate of drug-likeness (QED) is 0.225. The van der Waals surface area contributed by atoms with Crippen LogP contribution in [-0.2, 0) is 9.59 Å². The fraction of sp³-hybridized carbons (Fsp3) is 0.185. The Morgan fingerprint density at radius 2 is 1.63 bits per heavy atom. The first kappa shape index (κ1) is 26.9. The second kappa shape index (κ2) is 10.3. The molecule has 4 rings (SSSR count). The van der Waals surface area contributed by atoms with Gasteiger partial charge in [-0.15, -0.1) is 13.2 Å². The average Bonchev–Trinajstić information content (AvgIpc) is 3.13. The van der Waals surface area contributed by atoms with Crippen molar-refractivity contribution in [3.05, 3.63) is 87.9 Å². The van der Waals surface area contributed by atoms with Gasteiger partial charge in [-0.2, -0.15) is 0 Å². The van der Waals surface area contributed by atoms with Crippen LogP contribution in [0.4, 0.5) is 18.9 Å². The highest BCUT2D eigenvalue weighted by Gasteiger charge is 2.47. The van der Waals surface area contributed by atoms with Gasteiger partial charge in [0.15, 0.2) is 0 Å². The number of anilines is 1. The second-order valence-electron chi connectivity index (χ2n) is 8.31. The maximum atomic E-state index is 13.4. The Bertz CT molecular complexity index is 1440. The number of nitrogens with zero attached hydrogens (tertiary/aromatic N) is 1. The summed E-state index contributed by atoms with van der Waals surface area (Å²) in [4.78, 5) is 27.8. The van der Waals surface area contributed by atoms with E-state index < -0.39 is 35.6 Å². The molecule has 38 heavy (non-hydrogen) atoms. The molecule has 1 unspecified atom stereocenters. The smallest absolute Gasteiger partial charge is 0.507 e. The zero-order chi connectivity index (χ0) is 27.8. The fourth-order valence-corrected chi connectivity index (χ4v) is 4.49. The molecule has 1 fully saturated rings. The highest BCUT2D eigenvalue weighted by molar-refractivity contribution is 6.51. The monoisotopic (exact) mass is 547 g/mol. The van der Waals surface area contributed by atoms with E-state index in [0.29, 0.717) is 5.56 Å². The van der Waals surface area contributed by atoms with Gasteiger partial charge in [0.2, 0.25) is 0 Å². The summed E-state index contributed by atoms with van der Waals surface area (Å²) in [5.74, 6) is -2.64. The van der Waals surface area contributed by atoms with Gasteiger partial charge in [-0.05, 0) is 42.8 Å². The van der Waals surface area contributed by atoms with Gasteiger partial charge in [0.25, 0.3) is 11.7 Å². The summed E-state index contributed by atoms with van der Waals surface area (Å²) in [5.41, 5.74) is 1.21. The van der Waals surface area contributed by atoms with Crippen molar-refractivity contribution in [2.75, 3.05) is 19.1 Å². The van der Waals surface area contributed by atoms with Crippen LogP contribution in [0.3, 0.4) is 0 Å². The van der Waals surface area contributed by atoms with Crippen LogP contribution >= 0.6 is 11.6 Å². The summed E-state index contributed by atoms with van der Waals surface area (Å²) in [7, 11) is 2.75. The van der Waals surface area contributed by atoms with Crippen LogP contribution in [0, 0.1) is 6.92 Å². The molecule has 1 N–H and O–H groups in total. The van der Waals surface area contributed by atoms with Gasteiger partial charge >= 0.3 is 6.36 Å². The lowest BCUT2D eigenvalue weighted by Gasteiger charge is -2.26. The molecule has 0 saturated carbocycles. The predicted octanol–water partition coefficient (Wildman–Crippen LogP) is 6.19. The number of amides is 1. The number of ether oxygens (including phenoxy) is 3. The molecular formula is C27H21ClF3NO6. The number of aliphatic hydroxyl groups excluding tert-OH is 1. The number of aryl methyl sites for hydroxylation is 1. The Kier molecular flexibility index (Phi) is 7.28. The van der Waals surface area contributed by atoms with Gasteiger partial charge in [0.05, 0.1) is 36.4 Å². The van der Waals surface area contributed by atoms with E-state index in [0.717, 1.165) is 22.6 Å². The molecule has 1 heterocycles. The minimum absolute atomic E-state index is 0.0443. The van der Waals surface area contributed by atoms with Crippen molar-refractivity contribution in [1.82, 2.24) is 0 Å². The maximum Gasteiger partial charge on any atom is 0.573 e. The fourth-order valence-electron chi connectivity index (χ4n) is 4.25. The molecule has 0 spiro atoms. The molecule has 0 bridgehead atoms. The molecule has 198 valence electrons. The Hall–Kier alpha value is -4.18. The Morgan fingerprint density at radius 3 is 2.21 bits per heavy atom. The number of ketones is 1. The third kappa shape index (κ3) is 5.12. The maximum absolute atomic E-state index is 13.4. The Morgan fingerprint density at radius 1 is 0.974 bits per heavy atom. The standard InChI is InChI=1S/C27H21ClF3NO6/c1-14-5-4-6-15(11-14)23-22(24(33)18-12-19(28)21(37-3)13-20(18)36-2)25(34)26(35)32(23)16-7-9-17(10-8-16)38-27(29,30)31/h4-13,23,33H,1-3H3/b24-22+. The zero-order valence-corrected chi connectivity index (χ0v) is 21.1. The number of alkyl halides is 3. The van der Waals surface area contributed by atoms with Crippen LogP contribution in [0.1, 0.15) is 22.7 Å². The number of rotatable bonds is 6. The molecule has 7 nitrogen and oxygen atoms in total. The third-order valence-corrected chi connectivity index (χ3v) is 6.18. The molecule has 3 aromatic rings. The van der Waals surface area contributed by atoms with E-state index in [2.05, 4.69) is 4.74 Å². The number of halogens is 4. The molecular weight excluding hydrogens is 527 g/mol. The highest BCUT2D eigenvalue weighted by atomic mass is 35.5. The van der Waals surface area contributed by atoms with Crippen molar-refractivity contribution in [3.8, 4) is 17.2 Å². The average molecular weight is 548 g/mol. The highest BCUT2D eigenvalue weighted by Crippen LogP contribution is 2.45. The van der Waals surface area contributed by atoms with E-state index in [-0.39, 0.29) is 33.3 Å². The second-order valence-corrected chi connectivity index (χ2v) is 8.72. The topological polar surface area (TPSA) is 85.3 Å². The number of Topliss-reactive ketones (excluding diaryl/α,β-unsaturated/α-hetero) is 1. The van der Waals surface area contributed by atoms with Crippen molar-refractivity contribution in [2.45, 2.75) is 19.3 Å². The number of carbonyl (C=O) groups is 2. The normalized spacial score (nSPS) is 17.0. The largest absolute Gasteiger partial charge is 0.573 e. The van der Waals surface area contributed by atoms with Gasteiger partial charge in [-0.1, -0.05) is 41.4 Å². The van der Waals surface area contributed by atoms with Gasteiger partial charge in [0, 0.05) is 11.8 Å². The number of hydrogen-bond donors (Lipinski definition) is 1. The molecule has 11 heteroatoms. The number of carbonyl (C=O) groups excluding carboxylic acids is 2. The molecule has 1 amide bonds. The molecule has 1 atom stereocenters. The lowest BCUT2D eigenvalue weighted by molar-refractivity contribution is -0.274. The molecule has 3 aromatic carbocycles. The molecule has 0 radical (unpaired) electrons. The molecule has 0 aromatic heterocycles. The summed E-state index contributed by atoms with van der Waals surface area (Å²) in [6.45, 7) is 1.81. The molecule has 0 aliphatic carbocycles. The number of hydrogen-bond acceptors (Lipinski definition) is 6. The minimum Gasteiger partial charge on any atom is -0.507 e. The SMILES string of the molecule is COc1cc(OC)c(/C(O)=C2\C(=O)C(=O)N(c3ccc(OC(F)(F)F)cc3)C2c2cccc(C)c2)cc1Cl. The number of methoxy groups -OCH3 is 2. The van der Waals surface area contributed by atoms with E-state index in [1.165, 1.54) is 38.5 Å². The van der Waals surface area contributed by atoms with Crippen molar-refractivity contribution in [1.29, 1.82) is 0 Å². The van der Waals surface area contributed by atoms with E-state index in [1.807, 2.05) is 13.0 Å². The van der Waals surface area contributed by atoms with Crippen LogP contribution in [0.15, 0.2) is 66.2 Å². The number of benzene rings is 3. The van der Waals surface area contributed by atoms with E-state index in [1.54, 1.807) is 18.2 Å². The van der Waals surface area contributed by atoms with Crippen molar-refractivity contribution in [2.24, 2.45) is 0 Å². The first-order valence-electron chi connectivity index (χ1n) is 11.1. The van der Waals surface area contributed by atoms with E-state index >= 15 is 0 Å². The first-order chi connectivity index (χ1) is 17.9. The van der Waals surface area contributed by atoms with Crippen molar-refractivity contribution < 1.29 is 42.1 Å². The first-order valence-corrected chi connectivity index (χ1v) is 11.5. The Balaban J connectivity index is 1.92. The summed E-state index contributed by atoms with van der Waals surface area (Å²) in [6, 6.07) is 13.1. The van der Waals surface area contributed by atoms with Gasteiger partial charge < -0.3 is 19.3 Å². The lowest BCUT2D eigenvalue weighted by Crippen LogP contribution is -2.29. The summed E-state index contributed by atoms with van der Waals surface area (Å²) in [5, 5.41) is 11.5. The van der Waals surface area contributed by atoms with Crippen LogP contribution in [0.2, 0.25) is 5.02 Å². The molecule has 1 aliphatic heterocycles. The van der Waals surface area contributed by atoms with E-state index in [4.69, 9.17) is 21.1 Å². The van der Waals surface area contributed by atoms with Crippen molar-refractivity contribution >= 4 is 34.7 Å². The van der Waals surface area contributed by atoms with Crippen LogP contribution in [0.5, 0.6) is 17.2 Å². The van der Waals surface area contributed by atoms with E-state index in [9.17, 15) is 27.9 Å². The third-order valence-electron chi connectivity index (χ3n) is 5.88. The van der Waals surface area contributed by atoms with Crippen molar-refractivity contribution in [3.63, 3.8) is 0 Å². The van der Waals surface area contributed by atoms with Gasteiger partial charge in [-0.3, -0.25) is 14.5 Å². The van der Waals surface area contributed by atoms with Gasteiger partial charge in [-0.25, -0.2) is 0 Å². The Labute approximate surface area is 220 Å².